The van der Waals surface area contributed by atoms with Crippen LogP contribution in [0.25, 0.3) is 0 Å². The topological polar surface area (TPSA) is 76.0 Å². The molecule has 0 aromatic heterocycles. The molecule has 2 N–H and O–H groups in total. The summed E-state index contributed by atoms with van der Waals surface area (Å²) in [6, 6.07) is 5.13. The third-order valence-corrected chi connectivity index (χ3v) is 2.97. The van der Waals surface area contributed by atoms with Crippen LogP contribution in [0.4, 0.5) is 0 Å². The highest BCUT2D eigenvalue weighted by atomic mass is 16.5. The summed E-state index contributed by atoms with van der Waals surface area (Å²) in [4.78, 5) is 11.0. The van der Waals surface area contributed by atoms with Crippen LogP contribution < -0.4 is 9.47 Å². The average molecular weight is 268 g/mol. The van der Waals surface area contributed by atoms with E-state index in [9.17, 15) is 4.79 Å². The van der Waals surface area contributed by atoms with Crippen LogP contribution in [0.5, 0.6) is 11.5 Å². The van der Waals surface area contributed by atoms with Gasteiger partial charge < -0.3 is 19.7 Å². The first-order valence-corrected chi connectivity index (χ1v) is 6.04. The Morgan fingerprint density at radius 1 is 1.32 bits per heavy atom. The molecule has 1 aromatic rings. The van der Waals surface area contributed by atoms with E-state index in [0.29, 0.717) is 17.9 Å². The summed E-state index contributed by atoms with van der Waals surface area (Å²) in [6.07, 6.45) is 0.396. The van der Waals surface area contributed by atoms with Gasteiger partial charge in [0.15, 0.2) is 11.5 Å². The first-order chi connectivity index (χ1) is 8.90. The molecule has 1 rings (SSSR count). The third kappa shape index (κ3) is 4.13. The number of ether oxygens (including phenoxy) is 2. The van der Waals surface area contributed by atoms with Gasteiger partial charge in [-0.2, -0.15) is 0 Å². The number of hydrogen-bond donors (Lipinski definition) is 2. The zero-order valence-electron chi connectivity index (χ0n) is 11.5. The second kappa shape index (κ2) is 6.43. The molecule has 0 aliphatic heterocycles. The molecule has 0 fully saturated rings. The number of benzene rings is 1. The van der Waals surface area contributed by atoms with Crippen LogP contribution in [0.15, 0.2) is 18.2 Å². The van der Waals surface area contributed by atoms with Crippen molar-refractivity contribution in [3.05, 3.63) is 23.8 Å². The largest absolute Gasteiger partial charge is 0.493 e. The molecule has 0 aliphatic carbocycles. The number of carboxylic acid groups (broad SMARTS) is 1. The van der Waals surface area contributed by atoms with Gasteiger partial charge in [-0.05, 0) is 38.0 Å². The predicted octanol–water partition coefficient (Wildman–Crippen LogP) is 2.07. The lowest BCUT2D eigenvalue weighted by Crippen LogP contribution is -2.25. The summed E-state index contributed by atoms with van der Waals surface area (Å²) in [6.45, 7) is 3.53. The fourth-order valence-electron chi connectivity index (χ4n) is 1.45. The first-order valence-electron chi connectivity index (χ1n) is 6.04. The lowest BCUT2D eigenvalue weighted by molar-refractivity contribution is -0.147. The van der Waals surface area contributed by atoms with E-state index in [2.05, 4.69) is 0 Å². The van der Waals surface area contributed by atoms with Crippen molar-refractivity contribution in [2.24, 2.45) is 5.41 Å². The van der Waals surface area contributed by atoms with Crippen LogP contribution in [0.3, 0.4) is 0 Å². The molecule has 0 radical (unpaired) electrons. The number of carbonyl (C=O) groups is 1. The van der Waals surface area contributed by atoms with Gasteiger partial charge in [0.2, 0.25) is 0 Å². The van der Waals surface area contributed by atoms with Gasteiger partial charge in [0.1, 0.15) is 0 Å². The van der Waals surface area contributed by atoms with Crippen LogP contribution in [0.2, 0.25) is 0 Å². The highest BCUT2D eigenvalue weighted by molar-refractivity contribution is 5.73. The molecule has 1 aromatic carbocycles. The number of carboxylic acids is 1. The molecule has 0 aliphatic rings. The first kappa shape index (κ1) is 15.3. The summed E-state index contributed by atoms with van der Waals surface area (Å²) < 4.78 is 10.7. The Morgan fingerprint density at radius 2 is 2.00 bits per heavy atom. The second-order valence-electron chi connectivity index (χ2n) is 4.93. The van der Waals surface area contributed by atoms with Crippen LogP contribution in [-0.2, 0) is 11.4 Å². The monoisotopic (exact) mass is 268 g/mol. The van der Waals surface area contributed by atoms with Crippen molar-refractivity contribution >= 4 is 5.97 Å². The molecular formula is C14H20O5. The second-order valence-corrected chi connectivity index (χ2v) is 4.93. The Hall–Kier alpha value is -1.75. The fourth-order valence-corrected chi connectivity index (χ4v) is 1.45. The highest BCUT2D eigenvalue weighted by Crippen LogP contribution is 2.29. The Kier molecular flexibility index (Phi) is 5.18. The number of rotatable bonds is 7. The Labute approximate surface area is 112 Å². The van der Waals surface area contributed by atoms with E-state index in [4.69, 9.17) is 19.7 Å². The maximum absolute atomic E-state index is 11.0. The molecule has 0 atom stereocenters. The van der Waals surface area contributed by atoms with E-state index in [1.54, 1.807) is 32.0 Å². The number of aliphatic hydroxyl groups excluding tert-OH is 1. The minimum absolute atomic E-state index is 0.0668. The van der Waals surface area contributed by atoms with Crippen molar-refractivity contribution in [1.82, 2.24) is 0 Å². The van der Waals surface area contributed by atoms with Crippen molar-refractivity contribution < 1.29 is 24.5 Å². The van der Waals surface area contributed by atoms with Gasteiger partial charge in [-0.15, -0.1) is 0 Å². The molecule has 5 nitrogen and oxygen atoms in total. The van der Waals surface area contributed by atoms with Crippen molar-refractivity contribution in [3.8, 4) is 11.5 Å². The van der Waals surface area contributed by atoms with Crippen LogP contribution in [0, 0.1) is 5.41 Å². The van der Waals surface area contributed by atoms with Gasteiger partial charge >= 0.3 is 5.97 Å². The minimum atomic E-state index is -0.848. The van der Waals surface area contributed by atoms with Crippen LogP contribution in [0.1, 0.15) is 25.8 Å². The van der Waals surface area contributed by atoms with Gasteiger partial charge in [0, 0.05) is 0 Å². The van der Waals surface area contributed by atoms with Crippen LogP contribution >= 0.6 is 0 Å². The molecule has 0 heterocycles. The van der Waals surface area contributed by atoms with Gasteiger partial charge in [-0.25, -0.2) is 0 Å². The molecule has 0 saturated heterocycles. The van der Waals surface area contributed by atoms with Gasteiger partial charge in [-0.3, -0.25) is 4.79 Å². The minimum Gasteiger partial charge on any atom is -0.493 e. The van der Waals surface area contributed by atoms with E-state index in [-0.39, 0.29) is 13.2 Å². The van der Waals surface area contributed by atoms with Crippen molar-refractivity contribution in [2.75, 3.05) is 13.7 Å². The number of hydrogen-bond acceptors (Lipinski definition) is 4. The molecule has 0 bridgehead atoms. The highest BCUT2D eigenvalue weighted by Gasteiger charge is 2.26. The summed E-state index contributed by atoms with van der Waals surface area (Å²) >= 11 is 0. The summed E-state index contributed by atoms with van der Waals surface area (Å²) in [5.74, 6) is 0.222. The number of aliphatic carboxylic acids is 1. The average Bonchev–Trinajstić information content (AvgIpc) is 2.38. The normalized spacial score (nSPS) is 11.2. The number of methoxy groups -OCH3 is 1. The van der Waals surface area contributed by atoms with E-state index in [1.807, 2.05) is 0 Å². The molecule has 19 heavy (non-hydrogen) atoms. The van der Waals surface area contributed by atoms with Crippen molar-refractivity contribution in [2.45, 2.75) is 26.9 Å². The van der Waals surface area contributed by atoms with E-state index in [0.717, 1.165) is 5.56 Å². The smallest absolute Gasteiger partial charge is 0.309 e. The molecule has 0 amide bonds. The SMILES string of the molecule is COc1cc(CO)ccc1OCCC(C)(C)C(=O)O. The fraction of sp³-hybridized carbons (Fsp3) is 0.500. The Balaban J connectivity index is 2.65. The van der Waals surface area contributed by atoms with E-state index in [1.165, 1.54) is 7.11 Å². The Morgan fingerprint density at radius 3 is 2.53 bits per heavy atom. The van der Waals surface area contributed by atoms with E-state index < -0.39 is 11.4 Å². The lowest BCUT2D eigenvalue weighted by atomic mass is 9.90. The molecule has 0 saturated carbocycles. The van der Waals surface area contributed by atoms with Crippen molar-refractivity contribution in [1.29, 1.82) is 0 Å². The van der Waals surface area contributed by atoms with Crippen molar-refractivity contribution in [3.63, 3.8) is 0 Å². The standard InChI is InChI=1S/C14H20O5/c1-14(2,13(16)17)6-7-19-11-5-4-10(9-15)8-12(11)18-3/h4-5,8,15H,6-7,9H2,1-3H3,(H,16,17). The van der Waals surface area contributed by atoms with Crippen LogP contribution in [-0.4, -0.2) is 29.9 Å². The Bertz CT molecular complexity index is 439. The zero-order valence-corrected chi connectivity index (χ0v) is 11.5. The quantitative estimate of drug-likeness (QED) is 0.791. The van der Waals surface area contributed by atoms with E-state index >= 15 is 0 Å². The summed E-state index contributed by atoms with van der Waals surface area (Å²) in [7, 11) is 1.52. The lowest BCUT2D eigenvalue weighted by Gasteiger charge is -2.19. The van der Waals surface area contributed by atoms with Gasteiger partial charge in [0.05, 0.1) is 25.7 Å². The molecule has 0 unspecified atom stereocenters. The third-order valence-electron chi connectivity index (χ3n) is 2.97. The maximum atomic E-state index is 11.0. The maximum Gasteiger partial charge on any atom is 0.309 e. The summed E-state index contributed by atoms with van der Waals surface area (Å²) in [5, 5.41) is 18.0. The molecule has 0 spiro atoms. The molecule has 5 heteroatoms. The van der Waals surface area contributed by atoms with Gasteiger partial charge in [0.25, 0.3) is 0 Å². The zero-order chi connectivity index (χ0) is 14.5. The number of aliphatic hydroxyl groups is 1. The molecular weight excluding hydrogens is 248 g/mol. The van der Waals surface area contributed by atoms with Gasteiger partial charge in [-0.1, -0.05) is 6.07 Å². The predicted molar refractivity (Wildman–Crippen MR) is 70.4 cm³/mol. The molecule has 106 valence electrons. The summed E-state index contributed by atoms with van der Waals surface area (Å²) in [5.41, 5.74) is -0.0896.